The third-order valence-corrected chi connectivity index (χ3v) is 4.00. The highest BCUT2D eigenvalue weighted by atomic mass is 79.9. The Balaban J connectivity index is 2.40. The molecule has 0 fully saturated rings. The van der Waals surface area contributed by atoms with E-state index in [4.69, 9.17) is 0 Å². The van der Waals surface area contributed by atoms with Crippen molar-refractivity contribution in [1.82, 2.24) is 0 Å². The highest BCUT2D eigenvalue weighted by Gasteiger charge is 2.14. The van der Waals surface area contributed by atoms with Crippen molar-refractivity contribution in [3.63, 3.8) is 0 Å². The van der Waals surface area contributed by atoms with E-state index in [1.54, 1.807) is 6.92 Å². The summed E-state index contributed by atoms with van der Waals surface area (Å²) in [5.74, 6) is 0.141. The van der Waals surface area contributed by atoms with Crippen LogP contribution >= 0.6 is 15.9 Å². The number of halogens is 1. The molecule has 2 nitrogen and oxygen atoms in total. The summed E-state index contributed by atoms with van der Waals surface area (Å²) in [6.07, 6.45) is 0.416. The molecule has 0 unspecified atom stereocenters. The molecule has 2 rings (SSSR count). The predicted molar refractivity (Wildman–Crippen MR) is 87.9 cm³/mol. The second-order valence-electron chi connectivity index (χ2n) is 5.31. The van der Waals surface area contributed by atoms with Gasteiger partial charge >= 0.3 is 0 Å². The van der Waals surface area contributed by atoms with Gasteiger partial charge in [0.1, 0.15) is 5.78 Å². The average Bonchev–Trinajstić information content (AvgIpc) is 2.42. The molecule has 0 heterocycles. The Labute approximate surface area is 133 Å². The van der Waals surface area contributed by atoms with E-state index >= 15 is 0 Å². The molecule has 0 spiro atoms. The monoisotopic (exact) mass is 344 g/mol. The maximum atomic E-state index is 12.6. The second-order valence-corrected chi connectivity index (χ2v) is 6.22. The number of carbonyl (C=O) groups excluding carboxylic acids is 2. The van der Waals surface area contributed by atoms with Crippen LogP contribution in [0.1, 0.15) is 39.5 Å². The molecular weight excluding hydrogens is 328 g/mol. The van der Waals surface area contributed by atoms with Crippen LogP contribution in [0.25, 0.3) is 0 Å². The van der Waals surface area contributed by atoms with Crippen LogP contribution in [0.3, 0.4) is 0 Å². The van der Waals surface area contributed by atoms with Crippen LogP contribution in [0.4, 0.5) is 0 Å². The quantitative estimate of drug-likeness (QED) is 0.769. The van der Waals surface area contributed by atoms with Gasteiger partial charge in [0.15, 0.2) is 5.78 Å². The largest absolute Gasteiger partial charge is 0.300 e. The molecule has 0 saturated carbocycles. The third-order valence-electron chi connectivity index (χ3n) is 3.47. The average molecular weight is 345 g/mol. The van der Waals surface area contributed by atoms with Gasteiger partial charge in [0.25, 0.3) is 0 Å². The Bertz CT molecular complexity index is 700. The van der Waals surface area contributed by atoms with Crippen molar-refractivity contribution in [2.75, 3.05) is 0 Å². The summed E-state index contributed by atoms with van der Waals surface area (Å²) in [5.41, 5.74) is 4.25. The lowest BCUT2D eigenvalue weighted by Crippen LogP contribution is -2.07. The fourth-order valence-corrected chi connectivity index (χ4v) is 2.60. The topological polar surface area (TPSA) is 34.1 Å². The third kappa shape index (κ3) is 3.67. The van der Waals surface area contributed by atoms with E-state index in [-0.39, 0.29) is 11.6 Å². The fraction of sp³-hybridized carbons (Fsp3) is 0.222. The van der Waals surface area contributed by atoms with Gasteiger partial charge in [0, 0.05) is 22.0 Å². The number of rotatable bonds is 4. The molecule has 0 atom stereocenters. The molecule has 0 aliphatic heterocycles. The van der Waals surface area contributed by atoms with Gasteiger partial charge < -0.3 is 0 Å². The van der Waals surface area contributed by atoms with Crippen LogP contribution in [0.5, 0.6) is 0 Å². The van der Waals surface area contributed by atoms with E-state index in [1.165, 1.54) is 0 Å². The molecule has 0 aromatic heterocycles. The normalized spacial score (nSPS) is 10.5. The standard InChI is InChI=1S/C18H17BrO2/c1-11-9-17(12(2)8-15(11)10-13(3)20)18(21)14-4-6-16(19)7-5-14/h4-9H,10H2,1-3H3. The molecule has 0 N–H and O–H groups in total. The van der Waals surface area contributed by atoms with Crippen LogP contribution in [0.2, 0.25) is 0 Å². The van der Waals surface area contributed by atoms with Crippen LogP contribution in [0.15, 0.2) is 40.9 Å². The first-order valence-electron chi connectivity index (χ1n) is 6.78. The zero-order chi connectivity index (χ0) is 15.6. The van der Waals surface area contributed by atoms with E-state index in [9.17, 15) is 9.59 Å². The number of hydrogen-bond acceptors (Lipinski definition) is 2. The van der Waals surface area contributed by atoms with Crippen LogP contribution in [-0.2, 0) is 11.2 Å². The van der Waals surface area contributed by atoms with Crippen molar-refractivity contribution in [2.45, 2.75) is 27.2 Å². The molecular formula is C18H17BrO2. The van der Waals surface area contributed by atoms with Gasteiger partial charge in [0.05, 0.1) is 0 Å². The number of Topliss-reactive ketones (excluding diaryl/α,β-unsaturated/α-hetero) is 1. The first-order valence-corrected chi connectivity index (χ1v) is 7.57. The number of carbonyl (C=O) groups is 2. The Morgan fingerprint density at radius 2 is 1.62 bits per heavy atom. The van der Waals surface area contributed by atoms with Gasteiger partial charge in [-0.05, 0) is 67.8 Å². The lowest BCUT2D eigenvalue weighted by Gasteiger charge is -2.11. The van der Waals surface area contributed by atoms with Crippen molar-refractivity contribution in [3.8, 4) is 0 Å². The van der Waals surface area contributed by atoms with E-state index < -0.39 is 0 Å². The summed E-state index contributed by atoms with van der Waals surface area (Å²) in [5, 5.41) is 0. The summed E-state index contributed by atoms with van der Waals surface area (Å²) < 4.78 is 0.948. The van der Waals surface area contributed by atoms with Crippen LogP contribution in [0, 0.1) is 13.8 Å². The van der Waals surface area contributed by atoms with E-state index in [0.29, 0.717) is 17.5 Å². The Morgan fingerprint density at radius 1 is 1.00 bits per heavy atom. The van der Waals surface area contributed by atoms with Gasteiger partial charge in [-0.2, -0.15) is 0 Å². The number of aryl methyl sites for hydroxylation is 2. The molecule has 0 saturated heterocycles. The predicted octanol–water partition coefficient (Wildman–Crippen LogP) is 4.43. The van der Waals surface area contributed by atoms with Crippen molar-refractivity contribution in [2.24, 2.45) is 0 Å². The molecule has 0 aliphatic rings. The van der Waals surface area contributed by atoms with Gasteiger partial charge in [0.2, 0.25) is 0 Å². The fourth-order valence-electron chi connectivity index (χ4n) is 2.34. The smallest absolute Gasteiger partial charge is 0.193 e. The zero-order valence-electron chi connectivity index (χ0n) is 12.4. The lowest BCUT2D eigenvalue weighted by molar-refractivity contribution is -0.116. The van der Waals surface area contributed by atoms with Crippen molar-refractivity contribution >= 4 is 27.5 Å². The summed E-state index contributed by atoms with van der Waals surface area (Å²) >= 11 is 3.37. The molecule has 2 aromatic rings. The molecule has 0 bridgehead atoms. The van der Waals surface area contributed by atoms with Crippen molar-refractivity contribution in [3.05, 3.63) is 68.7 Å². The number of hydrogen-bond donors (Lipinski definition) is 0. The summed E-state index contributed by atoms with van der Waals surface area (Å²) in [6, 6.07) is 11.2. The maximum absolute atomic E-state index is 12.6. The maximum Gasteiger partial charge on any atom is 0.193 e. The molecule has 0 aliphatic carbocycles. The number of ketones is 2. The SMILES string of the molecule is CC(=O)Cc1cc(C)c(C(=O)c2ccc(Br)cc2)cc1C. The minimum Gasteiger partial charge on any atom is -0.300 e. The van der Waals surface area contributed by atoms with Crippen LogP contribution < -0.4 is 0 Å². The van der Waals surface area contributed by atoms with Gasteiger partial charge in [-0.25, -0.2) is 0 Å². The zero-order valence-corrected chi connectivity index (χ0v) is 14.0. The molecule has 0 amide bonds. The molecule has 0 radical (unpaired) electrons. The summed E-state index contributed by atoms with van der Waals surface area (Å²) in [7, 11) is 0. The Kier molecular flexibility index (Phi) is 4.73. The highest BCUT2D eigenvalue weighted by Crippen LogP contribution is 2.21. The van der Waals surface area contributed by atoms with Gasteiger partial charge in [-0.1, -0.05) is 22.0 Å². The molecule has 3 heteroatoms. The molecule has 108 valence electrons. The van der Waals surface area contributed by atoms with Crippen LogP contribution in [-0.4, -0.2) is 11.6 Å². The van der Waals surface area contributed by atoms with E-state index in [0.717, 1.165) is 21.2 Å². The first-order chi connectivity index (χ1) is 9.88. The summed E-state index contributed by atoms with van der Waals surface area (Å²) in [4.78, 5) is 23.9. The number of benzene rings is 2. The minimum absolute atomic E-state index is 0.0116. The Morgan fingerprint density at radius 3 is 2.19 bits per heavy atom. The first kappa shape index (κ1) is 15.6. The molecule has 2 aromatic carbocycles. The summed E-state index contributed by atoms with van der Waals surface area (Å²) in [6.45, 7) is 5.43. The highest BCUT2D eigenvalue weighted by molar-refractivity contribution is 9.10. The van der Waals surface area contributed by atoms with E-state index in [1.807, 2.05) is 50.2 Å². The van der Waals surface area contributed by atoms with Gasteiger partial charge in [-0.3, -0.25) is 9.59 Å². The molecule has 21 heavy (non-hydrogen) atoms. The van der Waals surface area contributed by atoms with Crippen molar-refractivity contribution < 1.29 is 9.59 Å². The van der Waals surface area contributed by atoms with Crippen molar-refractivity contribution in [1.29, 1.82) is 0 Å². The Hall–Kier alpha value is -1.74. The lowest BCUT2D eigenvalue weighted by atomic mass is 9.93. The second kappa shape index (κ2) is 6.35. The van der Waals surface area contributed by atoms with E-state index in [2.05, 4.69) is 15.9 Å². The minimum atomic E-state index is 0.0116. The van der Waals surface area contributed by atoms with Gasteiger partial charge in [-0.15, -0.1) is 0 Å².